The van der Waals surface area contributed by atoms with Gasteiger partial charge in [0.15, 0.2) is 0 Å². The molecule has 2 rings (SSSR count). The first-order chi connectivity index (χ1) is 9.48. The zero-order valence-corrected chi connectivity index (χ0v) is 14.0. The van der Waals surface area contributed by atoms with Gasteiger partial charge in [0, 0.05) is 38.4 Å². The number of nitrogens with zero attached hydrogens (tertiary/aromatic N) is 1. The van der Waals surface area contributed by atoms with Crippen molar-refractivity contribution in [3.05, 3.63) is 0 Å². The van der Waals surface area contributed by atoms with Crippen LogP contribution in [-0.2, 0) is 4.74 Å². The van der Waals surface area contributed by atoms with Crippen LogP contribution < -0.4 is 5.32 Å². The van der Waals surface area contributed by atoms with Gasteiger partial charge in [-0.05, 0) is 37.6 Å². The van der Waals surface area contributed by atoms with E-state index in [4.69, 9.17) is 4.74 Å². The Labute approximate surface area is 125 Å². The summed E-state index contributed by atoms with van der Waals surface area (Å²) in [6, 6.07) is 0.621. The van der Waals surface area contributed by atoms with Crippen LogP contribution in [0.3, 0.4) is 0 Å². The van der Waals surface area contributed by atoms with E-state index in [1.54, 1.807) is 7.11 Å². The van der Waals surface area contributed by atoms with Crippen LogP contribution in [0.25, 0.3) is 0 Å². The normalized spacial score (nSPS) is 27.3. The zero-order valence-electron chi connectivity index (χ0n) is 14.0. The highest BCUT2D eigenvalue weighted by atomic mass is 16.5. The third-order valence-electron chi connectivity index (χ3n) is 5.36. The molecule has 1 spiro atoms. The summed E-state index contributed by atoms with van der Waals surface area (Å²) in [4.78, 5) is 2.82. The zero-order chi connectivity index (χ0) is 14.6. The molecular formula is C17H34N2O. The number of hydrogen-bond acceptors (Lipinski definition) is 3. The summed E-state index contributed by atoms with van der Waals surface area (Å²) >= 11 is 0. The van der Waals surface area contributed by atoms with Crippen LogP contribution in [0.2, 0.25) is 0 Å². The van der Waals surface area contributed by atoms with E-state index in [0.717, 1.165) is 6.61 Å². The van der Waals surface area contributed by atoms with E-state index >= 15 is 0 Å². The molecule has 3 heteroatoms. The summed E-state index contributed by atoms with van der Waals surface area (Å²) in [6.45, 7) is 11.6. The molecule has 0 amide bonds. The molecule has 0 radical (unpaired) electrons. The molecular weight excluding hydrogens is 248 g/mol. The van der Waals surface area contributed by atoms with Crippen molar-refractivity contribution in [2.75, 3.05) is 33.4 Å². The van der Waals surface area contributed by atoms with Crippen LogP contribution in [0.4, 0.5) is 0 Å². The number of unbranched alkanes of at least 4 members (excludes halogenated alkanes) is 1. The Kier molecular flexibility index (Phi) is 5.49. The Bertz CT molecular complexity index is 292. The molecule has 0 aromatic heterocycles. The van der Waals surface area contributed by atoms with E-state index in [2.05, 4.69) is 31.0 Å². The van der Waals surface area contributed by atoms with E-state index in [9.17, 15) is 0 Å². The first-order valence-corrected chi connectivity index (χ1v) is 8.45. The number of rotatable bonds is 5. The maximum Gasteiger partial charge on any atom is 0.0462 e. The summed E-state index contributed by atoms with van der Waals surface area (Å²) < 4.78 is 5.19. The highest BCUT2D eigenvalue weighted by Crippen LogP contribution is 2.38. The molecule has 1 aliphatic heterocycles. The van der Waals surface area contributed by atoms with Crippen molar-refractivity contribution in [1.29, 1.82) is 0 Å². The van der Waals surface area contributed by atoms with Gasteiger partial charge < -0.3 is 10.1 Å². The minimum absolute atomic E-state index is 0.352. The van der Waals surface area contributed by atoms with Gasteiger partial charge in [0.05, 0.1) is 0 Å². The van der Waals surface area contributed by atoms with Gasteiger partial charge in [-0.2, -0.15) is 0 Å². The minimum atomic E-state index is 0.352. The van der Waals surface area contributed by atoms with Crippen molar-refractivity contribution in [3.8, 4) is 0 Å². The van der Waals surface area contributed by atoms with E-state index in [-0.39, 0.29) is 0 Å². The summed E-state index contributed by atoms with van der Waals surface area (Å²) in [5.41, 5.74) is 0.819. The van der Waals surface area contributed by atoms with Crippen LogP contribution in [0.15, 0.2) is 0 Å². The lowest BCUT2D eigenvalue weighted by atomic mass is 9.81. The topological polar surface area (TPSA) is 24.5 Å². The number of ether oxygens (including phenoxy) is 1. The Morgan fingerprint density at radius 2 is 1.90 bits per heavy atom. The molecule has 1 atom stereocenters. The summed E-state index contributed by atoms with van der Waals surface area (Å²) in [7, 11) is 1.80. The standard InChI is InChI=1S/C17H34N2O/c1-16(2,3)15-13-19(11-7-8-12-20-4)17(14-18-15)9-5-6-10-17/h15,18H,5-14H2,1-4H3. The molecule has 1 heterocycles. The van der Waals surface area contributed by atoms with Gasteiger partial charge in [0.2, 0.25) is 0 Å². The molecule has 1 unspecified atom stereocenters. The van der Waals surface area contributed by atoms with Crippen molar-refractivity contribution in [1.82, 2.24) is 10.2 Å². The Balaban J connectivity index is 1.96. The molecule has 1 saturated carbocycles. The number of nitrogens with one attached hydrogen (secondary N) is 1. The molecule has 0 aromatic rings. The first-order valence-electron chi connectivity index (χ1n) is 8.45. The third kappa shape index (κ3) is 3.75. The second kappa shape index (κ2) is 6.76. The second-order valence-electron chi connectivity index (χ2n) is 7.88. The molecule has 3 nitrogen and oxygen atoms in total. The molecule has 0 bridgehead atoms. The number of piperazine rings is 1. The molecule has 118 valence electrons. The van der Waals surface area contributed by atoms with E-state index < -0.39 is 0 Å². The Hall–Kier alpha value is -0.120. The van der Waals surface area contributed by atoms with E-state index in [1.807, 2.05) is 0 Å². The summed E-state index contributed by atoms with van der Waals surface area (Å²) in [5, 5.41) is 3.86. The van der Waals surface area contributed by atoms with Gasteiger partial charge in [-0.3, -0.25) is 4.90 Å². The van der Waals surface area contributed by atoms with Crippen molar-refractivity contribution in [2.45, 2.75) is 70.9 Å². The van der Waals surface area contributed by atoms with Crippen LogP contribution in [-0.4, -0.2) is 49.8 Å². The third-order valence-corrected chi connectivity index (χ3v) is 5.36. The molecule has 1 saturated heterocycles. The SMILES string of the molecule is COCCCCN1CC(C(C)(C)C)NCC12CCCC2. The molecule has 1 N–H and O–H groups in total. The molecule has 1 aliphatic carbocycles. The Morgan fingerprint density at radius 3 is 2.50 bits per heavy atom. The molecule has 20 heavy (non-hydrogen) atoms. The fourth-order valence-electron chi connectivity index (χ4n) is 3.89. The van der Waals surface area contributed by atoms with Gasteiger partial charge in [-0.1, -0.05) is 33.6 Å². The average Bonchev–Trinajstić information content (AvgIpc) is 2.84. The predicted octanol–water partition coefficient (Wildman–Crippen LogP) is 3.05. The molecule has 2 fully saturated rings. The lowest BCUT2D eigenvalue weighted by Crippen LogP contribution is -2.66. The van der Waals surface area contributed by atoms with Gasteiger partial charge in [0.25, 0.3) is 0 Å². The second-order valence-corrected chi connectivity index (χ2v) is 7.88. The van der Waals surface area contributed by atoms with Crippen molar-refractivity contribution >= 4 is 0 Å². The minimum Gasteiger partial charge on any atom is -0.385 e. The maximum absolute atomic E-state index is 5.19. The predicted molar refractivity (Wildman–Crippen MR) is 85.1 cm³/mol. The summed E-state index contributed by atoms with van der Waals surface area (Å²) in [6.07, 6.45) is 8.07. The van der Waals surface area contributed by atoms with Gasteiger partial charge in [-0.15, -0.1) is 0 Å². The monoisotopic (exact) mass is 282 g/mol. The summed E-state index contributed by atoms with van der Waals surface area (Å²) in [5.74, 6) is 0. The largest absolute Gasteiger partial charge is 0.385 e. The smallest absolute Gasteiger partial charge is 0.0462 e. The lowest BCUT2D eigenvalue weighted by molar-refractivity contribution is 0.0148. The van der Waals surface area contributed by atoms with Crippen molar-refractivity contribution in [3.63, 3.8) is 0 Å². The van der Waals surface area contributed by atoms with E-state index in [0.29, 0.717) is 17.0 Å². The Morgan fingerprint density at radius 1 is 1.20 bits per heavy atom. The quantitative estimate of drug-likeness (QED) is 0.784. The van der Waals surface area contributed by atoms with Gasteiger partial charge in [0.1, 0.15) is 0 Å². The van der Waals surface area contributed by atoms with Gasteiger partial charge >= 0.3 is 0 Å². The van der Waals surface area contributed by atoms with Crippen molar-refractivity contribution < 1.29 is 4.74 Å². The van der Waals surface area contributed by atoms with Gasteiger partial charge in [-0.25, -0.2) is 0 Å². The van der Waals surface area contributed by atoms with E-state index in [1.165, 1.54) is 58.2 Å². The van der Waals surface area contributed by atoms with Crippen LogP contribution in [0.1, 0.15) is 59.3 Å². The molecule has 2 aliphatic rings. The number of methoxy groups -OCH3 is 1. The van der Waals surface area contributed by atoms with Crippen LogP contribution in [0.5, 0.6) is 0 Å². The fraction of sp³-hybridized carbons (Fsp3) is 1.00. The fourth-order valence-corrected chi connectivity index (χ4v) is 3.89. The lowest BCUT2D eigenvalue weighted by Gasteiger charge is -2.51. The van der Waals surface area contributed by atoms with Crippen LogP contribution in [0, 0.1) is 5.41 Å². The molecule has 0 aromatic carbocycles. The first kappa shape index (κ1) is 16.3. The average molecular weight is 282 g/mol. The highest BCUT2D eigenvalue weighted by Gasteiger charge is 2.45. The van der Waals surface area contributed by atoms with Crippen molar-refractivity contribution in [2.24, 2.45) is 5.41 Å². The van der Waals surface area contributed by atoms with Crippen LogP contribution >= 0.6 is 0 Å². The highest BCUT2D eigenvalue weighted by molar-refractivity contribution is 5.03. The number of hydrogen-bond donors (Lipinski definition) is 1. The maximum atomic E-state index is 5.19.